The second-order valence-corrected chi connectivity index (χ2v) is 3.87. The molecule has 0 saturated heterocycles. The van der Waals surface area contributed by atoms with Crippen molar-refractivity contribution >= 4 is 17.5 Å². The maximum atomic E-state index is 5.85. The number of anilines is 1. The Morgan fingerprint density at radius 1 is 1.32 bits per heavy atom. The SMILES string of the molecule is Clc1nc(NCc2cn[nH]c2)nc(-n2cncn2)n1. The lowest BCUT2D eigenvalue weighted by Crippen LogP contribution is -2.09. The van der Waals surface area contributed by atoms with Crippen molar-refractivity contribution in [2.45, 2.75) is 6.54 Å². The largest absolute Gasteiger partial charge is 0.350 e. The number of hydrogen-bond donors (Lipinski definition) is 2. The Bertz CT molecular complexity index is 648. The van der Waals surface area contributed by atoms with Gasteiger partial charge >= 0.3 is 0 Å². The summed E-state index contributed by atoms with van der Waals surface area (Å²) >= 11 is 5.85. The van der Waals surface area contributed by atoms with E-state index in [-0.39, 0.29) is 5.28 Å². The number of nitrogens with zero attached hydrogens (tertiary/aromatic N) is 7. The first-order valence-corrected chi connectivity index (χ1v) is 5.67. The summed E-state index contributed by atoms with van der Waals surface area (Å²) in [6.07, 6.45) is 6.34. The van der Waals surface area contributed by atoms with Crippen LogP contribution in [0.1, 0.15) is 5.56 Å². The Labute approximate surface area is 112 Å². The molecule has 19 heavy (non-hydrogen) atoms. The molecular formula is C9H8ClN9. The van der Waals surface area contributed by atoms with Crippen molar-refractivity contribution in [1.82, 2.24) is 39.9 Å². The van der Waals surface area contributed by atoms with E-state index in [1.54, 1.807) is 12.4 Å². The van der Waals surface area contributed by atoms with Crippen LogP contribution in [-0.4, -0.2) is 39.9 Å². The van der Waals surface area contributed by atoms with Crippen molar-refractivity contribution in [1.29, 1.82) is 0 Å². The van der Waals surface area contributed by atoms with E-state index in [0.29, 0.717) is 18.4 Å². The van der Waals surface area contributed by atoms with Gasteiger partial charge in [0.15, 0.2) is 0 Å². The highest BCUT2D eigenvalue weighted by Crippen LogP contribution is 2.09. The van der Waals surface area contributed by atoms with Crippen LogP contribution in [0.4, 0.5) is 5.95 Å². The van der Waals surface area contributed by atoms with Gasteiger partial charge in [-0.1, -0.05) is 0 Å². The minimum absolute atomic E-state index is 0.0789. The Balaban J connectivity index is 1.82. The van der Waals surface area contributed by atoms with Crippen LogP contribution in [0.2, 0.25) is 5.28 Å². The average Bonchev–Trinajstić information content (AvgIpc) is 3.09. The van der Waals surface area contributed by atoms with Crippen molar-refractivity contribution in [3.05, 3.63) is 35.9 Å². The molecule has 3 aromatic heterocycles. The van der Waals surface area contributed by atoms with Crippen molar-refractivity contribution in [2.75, 3.05) is 5.32 Å². The van der Waals surface area contributed by atoms with Crippen LogP contribution in [0.25, 0.3) is 5.95 Å². The summed E-state index contributed by atoms with van der Waals surface area (Å²) in [6.45, 7) is 0.521. The molecule has 0 aliphatic rings. The number of aromatic nitrogens is 8. The molecule has 0 fully saturated rings. The smallest absolute Gasteiger partial charge is 0.258 e. The normalized spacial score (nSPS) is 10.6. The van der Waals surface area contributed by atoms with Crippen molar-refractivity contribution < 1.29 is 0 Å². The Morgan fingerprint density at radius 2 is 2.26 bits per heavy atom. The molecule has 96 valence electrons. The van der Waals surface area contributed by atoms with Crippen LogP contribution < -0.4 is 5.32 Å². The third kappa shape index (κ3) is 2.65. The van der Waals surface area contributed by atoms with Crippen LogP contribution in [-0.2, 0) is 6.54 Å². The summed E-state index contributed by atoms with van der Waals surface area (Å²) in [5, 5.41) is 13.6. The van der Waals surface area contributed by atoms with Crippen molar-refractivity contribution in [2.24, 2.45) is 0 Å². The lowest BCUT2D eigenvalue weighted by Gasteiger charge is -2.05. The van der Waals surface area contributed by atoms with E-state index in [9.17, 15) is 0 Å². The molecule has 0 amide bonds. The van der Waals surface area contributed by atoms with E-state index < -0.39 is 0 Å². The summed E-state index contributed by atoms with van der Waals surface area (Å²) in [7, 11) is 0. The van der Waals surface area contributed by atoms with E-state index in [2.05, 4.69) is 40.5 Å². The van der Waals surface area contributed by atoms with Gasteiger partial charge in [-0.15, -0.1) is 0 Å². The first-order chi connectivity index (χ1) is 9.31. The second kappa shape index (κ2) is 4.98. The van der Waals surface area contributed by atoms with Gasteiger partial charge in [0, 0.05) is 18.3 Å². The molecule has 0 aromatic carbocycles. The molecule has 0 radical (unpaired) electrons. The highest BCUT2D eigenvalue weighted by molar-refractivity contribution is 6.28. The highest BCUT2D eigenvalue weighted by atomic mass is 35.5. The van der Waals surface area contributed by atoms with Crippen LogP contribution >= 0.6 is 11.6 Å². The fourth-order valence-corrected chi connectivity index (χ4v) is 1.54. The van der Waals surface area contributed by atoms with Crippen LogP contribution in [0, 0.1) is 0 Å². The zero-order chi connectivity index (χ0) is 13.1. The summed E-state index contributed by atoms with van der Waals surface area (Å²) in [5.74, 6) is 0.652. The van der Waals surface area contributed by atoms with E-state index in [1.165, 1.54) is 17.3 Å². The number of aromatic amines is 1. The van der Waals surface area contributed by atoms with Gasteiger partial charge in [-0.2, -0.15) is 29.8 Å². The van der Waals surface area contributed by atoms with Gasteiger partial charge in [-0.3, -0.25) is 5.10 Å². The van der Waals surface area contributed by atoms with Gasteiger partial charge in [-0.05, 0) is 11.6 Å². The molecule has 3 heterocycles. The lowest BCUT2D eigenvalue weighted by atomic mass is 10.4. The van der Waals surface area contributed by atoms with Gasteiger partial charge in [-0.25, -0.2) is 4.98 Å². The highest BCUT2D eigenvalue weighted by Gasteiger charge is 2.07. The number of halogens is 1. The Kier molecular flexibility index (Phi) is 3.02. The molecule has 0 spiro atoms. The fourth-order valence-electron chi connectivity index (χ4n) is 1.39. The van der Waals surface area contributed by atoms with Gasteiger partial charge in [0.1, 0.15) is 12.7 Å². The molecule has 0 atom stereocenters. The molecular weight excluding hydrogens is 270 g/mol. The molecule has 3 rings (SSSR count). The zero-order valence-electron chi connectivity index (χ0n) is 9.52. The summed E-state index contributed by atoms with van der Waals surface area (Å²) in [5.41, 5.74) is 0.971. The first kappa shape index (κ1) is 11.5. The minimum Gasteiger partial charge on any atom is -0.350 e. The molecule has 3 aromatic rings. The molecule has 9 nitrogen and oxygen atoms in total. The lowest BCUT2D eigenvalue weighted by molar-refractivity contribution is 0.793. The topological polar surface area (TPSA) is 110 Å². The molecule has 0 unspecified atom stereocenters. The minimum atomic E-state index is 0.0789. The van der Waals surface area contributed by atoms with E-state index in [0.717, 1.165) is 5.56 Å². The van der Waals surface area contributed by atoms with Gasteiger partial charge in [0.25, 0.3) is 5.95 Å². The predicted molar refractivity (Wildman–Crippen MR) is 65.7 cm³/mol. The number of rotatable bonds is 4. The summed E-state index contributed by atoms with van der Waals surface area (Å²) < 4.78 is 1.40. The summed E-state index contributed by atoms with van der Waals surface area (Å²) in [6, 6.07) is 0. The monoisotopic (exact) mass is 277 g/mol. The van der Waals surface area contributed by atoms with E-state index in [4.69, 9.17) is 11.6 Å². The molecule has 10 heteroatoms. The van der Waals surface area contributed by atoms with Gasteiger partial charge < -0.3 is 5.32 Å². The number of H-pyrrole nitrogens is 1. The van der Waals surface area contributed by atoms with Gasteiger partial charge in [0.05, 0.1) is 6.20 Å². The molecule has 0 aliphatic carbocycles. The number of nitrogens with one attached hydrogen (secondary N) is 2. The molecule has 2 N–H and O–H groups in total. The predicted octanol–water partition coefficient (Wildman–Crippen LogP) is 0.441. The Morgan fingerprint density at radius 3 is 3.00 bits per heavy atom. The van der Waals surface area contributed by atoms with Gasteiger partial charge in [0.2, 0.25) is 11.2 Å². The molecule has 0 aliphatic heterocycles. The second-order valence-electron chi connectivity index (χ2n) is 3.53. The van der Waals surface area contributed by atoms with Crippen molar-refractivity contribution in [3.8, 4) is 5.95 Å². The molecule has 0 bridgehead atoms. The van der Waals surface area contributed by atoms with Crippen LogP contribution in [0.5, 0.6) is 0 Å². The van der Waals surface area contributed by atoms with Crippen LogP contribution in [0.3, 0.4) is 0 Å². The fraction of sp³-hybridized carbons (Fsp3) is 0.111. The average molecular weight is 278 g/mol. The third-order valence-corrected chi connectivity index (χ3v) is 2.39. The van der Waals surface area contributed by atoms with Crippen LogP contribution in [0.15, 0.2) is 25.0 Å². The van der Waals surface area contributed by atoms with E-state index in [1.807, 2.05) is 0 Å². The third-order valence-electron chi connectivity index (χ3n) is 2.23. The molecule has 0 saturated carbocycles. The maximum absolute atomic E-state index is 5.85. The summed E-state index contributed by atoms with van der Waals surface area (Å²) in [4.78, 5) is 16.0. The first-order valence-electron chi connectivity index (χ1n) is 5.29. The van der Waals surface area contributed by atoms with Crippen molar-refractivity contribution in [3.63, 3.8) is 0 Å². The Hall–Kier alpha value is -2.55. The maximum Gasteiger partial charge on any atom is 0.258 e. The van der Waals surface area contributed by atoms with E-state index >= 15 is 0 Å². The standard InChI is InChI=1S/C9H8ClN9/c10-7-16-8(12-1-6-2-13-14-3-6)18-9(17-7)19-5-11-4-15-19/h2-5H,1H2,(H,13,14)(H,12,16,17,18). The quantitative estimate of drug-likeness (QED) is 0.712. The number of hydrogen-bond acceptors (Lipinski definition) is 7. The zero-order valence-corrected chi connectivity index (χ0v) is 10.3.